The van der Waals surface area contributed by atoms with Crippen molar-refractivity contribution >= 4 is 11.6 Å². The maximum atomic E-state index is 6.06. The largest absolute Gasteiger partial charge is 0.381 e. The third-order valence-electron chi connectivity index (χ3n) is 1.90. The van der Waals surface area contributed by atoms with Gasteiger partial charge in [0.15, 0.2) is 0 Å². The van der Waals surface area contributed by atoms with Crippen LogP contribution in [0, 0.1) is 5.92 Å². The van der Waals surface area contributed by atoms with Gasteiger partial charge in [0.2, 0.25) is 0 Å². The fourth-order valence-corrected chi connectivity index (χ4v) is 1.25. The Morgan fingerprint density at radius 1 is 1.56 bits per heavy atom. The molecule has 54 valence electrons. The topological polar surface area (TPSA) is 9.23 Å². The minimum absolute atomic E-state index is 0.0729. The molecule has 0 aromatic carbocycles. The van der Waals surface area contributed by atoms with Crippen LogP contribution in [0.15, 0.2) is 0 Å². The van der Waals surface area contributed by atoms with Crippen LogP contribution in [0.1, 0.15) is 20.3 Å². The number of ether oxygens (including phenoxy) is 1. The van der Waals surface area contributed by atoms with Gasteiger partial charge in [-0.3, -0.25) is 0 Å². The van der Waals surface area contributed by atoms with Crippen molar-refractivity contribution in [3.05, 3.63) is 0 Å². The molecule has 0 bridgehead atoms. The Labute approximate surface area is 61.3 Å². The minimum Gasteiger partial charge on any atom is -0.381 e. The molecule has 1 rings (SSSR count). The lowest BCUT2D eigenvalue weighted by Crippen LogP contribution is -2.24. The van der Waals surface area contributed by atoms with Gasteiger partial charge in [-0.2, -0.15) is 0 Å². The molecular weight excluding hydrogens is 136 g/mol. The van der Waals surface area contributed by atoms with E-state index in [4.69, 9.17) is 16.3 Å². The quantitative estimate of drug-likeness (QED) is 0.518. The Bertz CT molecular complexity index is 89.6. The summed E-state index contributed by atoms with van der Waals surface area (Å²) in [4.78, 5) is -0.0729. The zero-order chi connectivity index (χ0) is 6.91. The second-order valence-corrected chi connectivity index (χ2v) is 4.10. The molecule has 9 heavy (non-hydrogen) atoms. The smallest absolute Gasteiger partial charge is 0.0511 e. The Morgan fingerprint density at radius 3 is 2.44 bits per heavy atom. The van der Waals surface area contributed by atoms with E-state index in [2.05, 4.69) is 0 Å². The highest BCUT2D eigenvalue weighted by Gasteiger charge is 2.30. The summed E-state index contributed by atoms with van der Waals surface area (Å²) in [6, 6.07) is 0. The van der Waals surface area contributed by atoms with E-state index in [1.165, 1.54) is 0 Å². The van der Waals surface area contributed by atoms with Gasteiger partial charge in [-0.1, -0.05) is 0 Å². The Balaban J connectivity index is 2.42. The normalized spacial score (nSPS) is 29.0. The highest BCUT2D eigenvalue weighted by Crippen LogP contribution is 2.30. The predicted octanol–water partition coefficient (Wildman–Crippen LogP) is 2.04. The molecule has 0 aromatic rings. The molecule has 0 N–H and O–H groups in total. The molecule has 0 aliphatic carbocycles. The highest BCUT2D eigenvalue weighted by molar-refractivity contribution is 6.23. The molecule has 0 saturated carbocycles. The van der Waals surface area contributed by atoms with E-state index >= 15 is 0 Å². The van der Waals surface area contributed by atoms with Gasteiger partial charge in [-0.25, -0.2) is 0 Å². The van der Waals surface area contributed by atoms with Crippen molar-refractivity contribution in [1.29, 1.82) is 0 Å². The fraction of sp³-hybridized carbons (Fsp3) is 1.00. The molecule has 1 aliphatic rings. The zero-order valence-electron chi connectivity index (χ0n) is 5.98. The Kier molecular flexibility index (Phi) is 2.02. The third kappa shape index (κ3) is 1.84. The molecule has 0 amide bonds. The van der Waals surface area contributed by atoms with E-state index in [0.717, 1.165) is 19.6 Å². The molecule has 1 fully saturated rings. The highest BCUT2D eigenvalue weighted by atomic mass is 35.5. The molecule has 1 aliphatic heterocycles. The molecule has 1 saturated heterocycles. The van der Waals surface area contributed by atoms with Crippen LogP contribution >= 0.6 is 11.6 Å². The molecule has 1 unspecified atom stereocenters. The summed E-state index contributed by atoms with van der Waals surface area (Å²) in [6.07, 6.45) is 1.12. The van der Waals surface area contributed by atoms with Gasteiger partial charge >= 0.3 is 0 Å². The third-order valence-corrected chi connectivity index (χ3v) is 2.21. The lowest BCUT2D eigenvalue weighted by molar-refractivity contribution is 0.179. The van der Waals surface area contributed by atoms with Crippen LogP contribution in [0.4, 0.5) is 0 Å². The molecule has 1 atom stereocenters. The van der Waals surface area contributed by atoms with Crippen molar-refractivity contribution in [3.8, 4) is 0 Å². The second-order valence-electron chi connectivity index (χ2n) is 3.12. The molecule has 1 nitrogen and oxygen atoms in total. The first-order chi connectivity index (χ1) is 4.11. The molecule has 0 spiro atoms. The number of halogens is 1. The first-order valence-electron chi connectivity index (χ1n) is 3.37. The van der Waals surface area contributed by atoms with Gasteiger partial charge in [-0.05, 0) is 20.3 Å². The van der Waals surface area contributed by atoms with Crippen LogP contribution in [-0.2, 0) is 4.74 Å². The average molecular weight is 149 g/mol. The van der Waals surface area contributed by atoms with E-state index in [1.807, 2.05) is 13.8 Å². The standard InChI is InChI=1S/C7H13ClO/c1-7(2,8)6-3-4-9-5-6/h6H,3-5H2,1-2H3. The van der Waals surface area contributed by atoms with Crippen molar-refractivity contribution in [2.45, 2.75) is 25.1 Å². The van der Waals surface area contributed by atoms with Gasteiger partial charge in [0, 0.05) is 17.4 Å². The van der Waals surface area contributed by atoms with E-state index in [9.17, 15) is 0 Å². The monoisotopic (exact) mass is 148 g/mol. The van der Waals surface area contributed by atoms with Gasteiger partial charge in [0.1, 0.15) is 0 Å². The van der Waals surface area contributed by atoms with Gasteiger partial charge < -0.3 is 4.74 Å². The molecule has 0 radical (unpaired) electrons. The zero-order valence-corrected chi connectivity index (χ0v) is 6.74. The van der Waals surface area contributed by atoms with Crippen molar-refractivity contribution < 1.29 is 4.74 Å². The van der Waals surface area contributed by atoms with Crippen LogP contribution < -0.4 is 0 Å². The summed E-state index contributed by atoms with van der Waals surface area (Å²) in [5, 5.41) is 0. The lowest BCUT2D eigenvalue weighted by atomic mass is 9.95. The summed E-state index contributed by atoms with van der Waals surface area (Å²) < 4.78 is 5.20. The van der Waals surface area contributed by atoms with Gasteiger partial charge in [0.05, 0.1) is 6.61 Å². The maximum Gasteiger partial charge on any atom is 0.0511 e. The summed E-state index contributed by atoms with van der Waals surface area (Å²) in [5.41, 5.74) is 0. The van der Waals surface area contributed by atoms with E-state index in [1.54, 1.807) is 0 Å². The maximum absolute atomic E-state index is 6.06. The fourth-order valence-electron chi connectivity index (χ4n) is 1.08. The van der Waals surface area contributed by atoms with Crippen molar-refractivity contribution in [1.82, 2.24) is 0 Å². The average Bonchev–Trinajstić information content (AvgIpc) is 2.08. The SMILES string of the molecule is CC(C)(Cl)C1CCOC1. The number of alkyl halides is 1. The first-order valence-corrected chi connectivity index (χ1v) is 3.75. The van der Waals surface area contributed by atoms with Crippen LogP contribution in [0.25, 0.3) is 0 Å². The van der Waals surface area contributed by atoms with Gasteiger partial charge in [0.25, 0.3) is 0 Å². The van der Waals surface area contributed by atoms with Crippen LogP contribution in [0.3, 0.4) is 0 Å². The van der Waals surface area contributed by atoms with E-state index < -0.39 is 0 Å². The first kappa shape index (κ1) is 7.36. The number of hydrogen-bond donors (Lipinski definition) is 0. The summed E-state index contributed by atoms with van der Waals surface area (Å²) in [5.74, 6) is 0.555. The Morgan fingerprint density at radius 2 is 2.22 bits per heavy atom. The van der Waals surface area contributed by atoms with Crippen LogP contribution in [0.2, 0.25) is 0 Å². The lowest BCUT2D eigenvalue weighted by Gasteiger charge is -2.21. The molecule has 2 heteroatoms. The second kappa shape index (κ2) is 2.47. The van der Waals surface area contributed by atoms with E-state index in [0.29, 0.717) is 5.92 Å². The van der Waals surface area contributed by atoms with Crippen molar-refractivity contribution in [2.24, 2.45) is 5.92 Å². The minimum atomic E-state index is -0.0729. The summed E-state index contributed by atoms with van der Waals surface area (Å²) in [7, 11) is 0. The molecule has 1 heterocycles. The van der Waals surface area contributed by atoms with Crippen LogP contribution in [0.5, 0.6) is 0 Å². The van der Waals surface area contributed by atoms with E-state index in [-0.39, 0.29) is 4.87 Å². The molecular formula is C7H13ClO. The number of hydrogen-bond acceptors (Lipinski definition) is 1. The van der Waals surface area contributed by atoms with Gasteiger partial charge in [-0.15, -0.1) is 11.6 Å². The predicted molar refractivity (Wildman–Crippen MR) is 38.9 cm³/mol. The van der Waals surface area contributed by atoms with Crippen molar-refractivity contribution in [2.75, 3.05) is 13.2 Å². The Hall–Kier alpha value is 0.250. The van der Waals surface area contributed by atoms with Crippen molar-refractivity contribution in [3.63, 3.8) is 0 Å². The number of rotatable bonds is 1. The summed E-state index contributed by atoms with van der Waals surface area (Å²) in [6.45, 7) is 5.83. The molecule has 0 aromatic heterocycles. The summed E-state index contributed by atoms with van der Waals surface area (Å²) >= 11 is 6.06. The van der Waals surface area contributed by atoms with Crippen LogP contribution in [-0.4, -0.2) is 18.1 Å².